The molecule has 1 amide bonds. The first-order chi connectivity index (χ1) is 10.3. The molecule has 0 radical (unpaired) electrons. The maximum atomic E-state index is 11.6. The number of carbonyl (C=O) groups is 3. The Kier molecular flexibility index (Phi) is 6.46. The van der Waals surface area contributed by atoms with Crippen LogP contribution in [0.5, 0.6) is 0 Å². The number of ketones is 1. The fourth-order valence-electron chi connectivity index (χ4n) is 1.44. The SMILES string of the molecule is CC(=O)CCC(=O)OCC(=O)Nc1ccc(Cl)cc1[N+](=O)[O-]. The van der Waals surface area contributed by atoms with Gasteiger partial charge in [0, 0.05) is 17.5 Å². The molecule has 0 aliphatic carbocycles. The summed E-state index contributed by atoms with van der Waals surface area (Å²) in [6.07, 6.45) is -0.0905. The van der Waals surface area contributed by atoms with Gasteiger partial charge in [-0.05, 0) is 19.1 Å². The average molecular weight is 329 g/mol. The number of carbonyl (C=O) groups excluding carboxylic acids is 3. The number of nitro benzene ring substituents is 1. The molecule has 0 saturated heterocycles. The zero-order valence-corrected chi connectivity index (χ0v) is 12.4. The maximum Gasteiger partial charge on any atom is 0.306 e. The summed E-state index contributed by atoms with van der Waals surface area (Å²) in [7, 11) is 0. The average Bonchev–Trinajstić information content (AvgIpc) is 2.44. The van der Waals surface area contributed by atoms with Crippen LogP contribution in [0.15, 0.2) is 18.2 Å². The highest BCUT2D eigenvalue weighted by molar-refractivity contribution is 6.31. The van der Waals surface area contributed by atoms with Crippen LogP contribution in [0.2, 0.25) is 5.02 Å². The van der Waals surface area contributed by atoms with Crippen molar-refractivity contribution in [2.45, 2.75) is 19.8 Å². The molecule has 1 rings (SSSR count). The van der Waals surface area contributed by atoms with Crippen molar-refractivity contribution < 1.29 is 24.0 Å². The van der Waals surface area contributed by atoms with Gasteiger partial charge in [0.15, 0.2) is 6.61 Å². The second kappa shape index (κ2) is 8.08. The number of nitro groups is 1. The number of Topliss-reactive ketones (excluding diaryl/α,β-unsaturated/α-hetero) is 1. The third kappa shape index (κ3) is 5.88. The Morgan fingerprint density at radius 2 is 2.00 bits per heavy atom. The molecule has 0 spiro atoms. The van der Waals surface area contributed by atoms with E-state index in [0.717, 1.165) is 6.07 Å². The smallest absolute Gasteiger partial charge is 0.306 e. The highest BCUT2D eigenvalue weighted by atomic mass is 35.5. The number of hydrogen-bond acceptors (Lipinski definition) is 6. The Morgan fingerprint density at radius 1 is 1.32 bits per heavy atom. The summed E-state index contributed by atoms with van der Waals surface area (Å²) in [5.41, 5.74) is -0.428. The van der Waals surface area contributed by atoms with Crippen molar-refractivity contribution in [1.82, 2.24) is 0 Å². The van der Waals surface area contributed by atoms with E-state index in [-0.39, 0.29) is 35.0 Å². The van der Waals surface area contributed by atoms with Crippen molar-refractivity contribution in [2.75, 3.05) is 11.9 Å². The van der Waals surface area contributed by atoms with Crippen LogP contribution >= 0.6 is 11.6 Å². The summed E-state index contributed by atoms with van der Waals surface area (Å²) in [4.78, 5) is 43.7. The molecule has 0 atom stereocenters. The van der Waals surface area contributed by atoms with E-state index in [1.165, 1.54) is 19.1 Å². The molecule has 8 nitrogen and oxygen atoms in total. The summed E-state index contributed by atoms with van der Waals surface area (Å²) >= 11 is 5.65. The molecule has 1 aromatic rings. The van der Waals surface area contributed by atoms with Gasteiger partial charge in [-0.1, -0.05) is 11.6 Å². The molecule has 9 heteroatoms. The summed E-state index contributed by atoms with van der Waals surface area (Å²) < 4.78 is 4.65. The number of ether oxygens (including phenoxy) is 1. The Bertz CT molecular complexity index is 617. The van der Waals surface area contributed by atoms with E-state index in [2.05, 4.69) is 10.1 Å². The van der Waals surface area contributed by atoms with Crippen LogP contribution in [-0.4, -0.2) is 29.2 Å². The van der Waals surface area contributed by atoms with Crippen LogP contribution in [0.1, 0.15) is 19.8 Å². The predicted molar refractivity (Wildman–Crippen MR) is 77.6 cm³/mol. The van der Waals surface area contributed by atoms with Gasteiger partial charge in [-0.15, -0.1) is 0 Å². The molecule has 1 N–H and O–H groups in total. The van der Waals surface area contributed by atoms with E-state index in [4.69, 9.17) is 11.6 Å². The van der Waals surface area contributed by atoms with E-state index in [1.807, 2.05) is 0 Å². The fourth-order valence-corrected chi connectivity index (χ4v) is 1.61. The van der Waals surface area contributed by atoms with E-state index in [0.29, 0.717) is 0 Å². The van der Waals surface area contributed by atoms with Crippen LogP contribution in [0.4, 0.5) is 11.4 Å². The lowest BCUT2D eigenvalue weighted by Crippen LogP contribution is -2.21. The molecule has 0 unspecified atom stereocenters. The zero-order chi connectivity index (χ0) is 16.7. The minimum Gasteiger partial charge on any atom is -0.456 e. The molecular formula is C13H13ClN2O6. The lowest BCUT2D eigenvalue weighted by molar-refractivity contribution is -0.383. The number of anilines is 1. The van der Waals surface area contributed by atoms with Crippen molar-refractivity contribution in [1.29, 1.82) is 0 Å². The van der Waals surface area contributed by atoms with Gasteiger partial charge in [0.05, 0.1) is 11.3 Å². The lowest BCUT2D eigenvalue weighted by atomic mass is 10.2. The number of benzene rings is 1. The number of amides is 1. The molecule has 0 heterocycles. The third-order valence-electron chi connectivity index (χ3n) is 2.48. The van der Waals surface area contributed by atoms with E-state index in [1.54, 1.807) is 0 Å². The molecule has 0 aliphatic rings. The number of nitrogens with one attached hydrogen (secondary N) is 1. The number of halogens is 1. The van der Waals surface area contributed by atoms with Gasteiger partial charge in [0.25, 0.3) is 11.6 Å². The monoisotopic (exact) mass is 328 g/mol. The summed E-state index contributed by atoms with van der Waals surface area (Å²) in [5, 5.41) is 13.3. The van der Waals surface area contributed by atoms with Crippen molar-refractivity contribution in [3.63, 3.8) is 0 Å². The molecule has 0 aromatic heterocycles. The Hall–Kier alpha value is -2.48. The minimum atomic E-state index is -0.735. The summed E-state index contributed by atoms with van der Waals surface area (Å²) in [6.45, 7) is 0.732. The van der Waals surface area contributed by atoms with Crippen molar-refractivity contribution >= 4 is 40.6 Å². The first kappa shape index (κ1) is 17.6. The maximum absolute atomic E-state index is 11.6. The van der Waals surface area contributed by atoms with E-state index in [9.17, 15) is 24.5 Å². The standard InChI is InChI=1S/C13H13ClN2O6/c1-8(17)2-5-13(19)22-7-12(18)15-10-4-3-9(14)6-11(10)16(20)21/h3-4,6H,2,5,7H2,1H3,(H,15,18). The molecule has 1 aromatic carbocycles. The molecule has 118 valence electrons. The highest BCUT2D eigenvalue weighted by Gasteiger charge is 2.17. The largest absolute Gasteiger partial charge is 0.456 e. The molecular weight excluding hydrogens is 316 g/mol. The number of rotatable bonds is 7. The molecule has 0 saturated carbocycles. The van der Waals surface area contributed by atoms with Crippen molar-refractivity contribution in [2.24, 2.45) is 0 Å². The van der Waals surface area contributed by atoms with Crippen molar-refractivity contribution in [3.8, 4) is 0 Å². The van der Waals surface area contributed by atoms with Crippen LogP contribution in [0.25, 0.3) is 0 Å². The van der Waals surface area contributed by atoms with Gasteiger partial charge in [-0.2, -0.15) is 0 Å². The van der Waals surface area contributed by atoms with Gasteiger partial charge in [0.2, 0.25) is 0 Å². The van der Waals surface area contributed by atoms with Gasteiger partial charge in [0.1, 0.15) is 11.5 Å². The summed E-state index contributed by atoms with van der Waals surface area (Å²) in [5.74, 6) is -1.60. The number of nitrogens with zero attached hydrogens (tertiary/aromatic N) is 1. The quantitative estimate of drug-likeness (QED) is 0.465. The topological polar surface area (TPSA) is 116 Å². The van der Waals surface area contributed by atoms with Crippen LogP contribution in [-0.2, 0) is 19.1 Å². The van der Waals surface area contributed by atoms with Crippen LogP contribution < -0.4 is 5.32 Å². The van der Waals surface area contributed by atoms with E-state index >= 15 is 0 Å². The van der Waals surface area contributed by atoms with Crippen molar-refractivity contribution in [3.05, 3.63) is 33.3 Å². The lowest BCUT2D eigenvalue weighted by Gasteiger charge is -2.07. The van der Waals surface area contributed by atoms with Gasteiger partial charge in [-0.25, -0.2) is 0 Å². The fraction of sp³-hybridized carbons (Fsp3) is 0.308. The zero-order valence-electron chi connectivity index (χ0n) is 11.6. The van der Waals surface area contributed by atoms with Gasteiger partial charge in [-0.3, -0.25) is 19.7 Å². The highest BCUT2D eigenvalue weighted by Crippen LogP contribution is 2.27. The second-order valence-corrected chi connectivity index (χ2v) is 4.77. The van der Waals surface area contributed by atoms with E-state index < -0.39 is 23.4 Å². The first-order valence-electron chi connectivity index (χ1n) is 6.18. The predicted octanol–water partition coefficient (Wildman–Crippen LogP) is 2.10. The molecule has 22 heavy (non-hydrogen) atoms. The van der Waals surface area contributed by atoms with Crippen LogP contribution in [0, 0.1) is 10.1 Å². The number of hydrogen-bond donors (Lipinski definition) is 1. The Labute approximate surface area is 130 Å². The molecule has 0 aliphatic heterocycles. The number of esters is 1. The van der Waals surface area contributed by atoms with Gasteiger partial charge < -0.3 is 14.8 Å². The Morgan fingerprint density at radius 3 is 2.59 bits per heavy atom. The summed E-state index contributed by atoms with van der Waals surface area (Å²) in [6, 6.07) is 3.75. The molecule has 0 bridgehead atoms. The normalized spacial score (nSPS) is 9.91. The first-order valence-corrected chi connectivity index (χ1v) is 6.56. The van der Waals surface area contributed by atoms with Gasteiger partial charge >= 0.3 is 5.97 Å². The minimum absolute atomic E-state index is 0.0309. The Balaban J connectivity index is 2.57. The van der Waals surface area contributed by atoms with Crippen LogP contribution in [0.3, 0.4) is 0 Å². The molecule has 0 fully saturated rings. The third-order valence-corrected chi connectivity index (χ3v) is 2.71. The second-order valence-electron chi connectivity index (χ2n) is 4.33.